The summed E-state index contributed by atoms with van der Waals surface area (Å²) in [5.41, 5.74) is 2.19. The summed E-state index contributed by atoms with van der Waals surface area (Å²) in [7, 11) is -1.87. The standard InChI is InChI=1S/C26H28FN3O3S/c1-28(26(21-9-4-2-5-10-21)22-11-6-3-7-12-22)20-25(31)29-15-17-30(18-16-29)34(32,33)24-14-8-13-23(27)19-24/h2-14,19,26H,15-18,20H2,1H3. The van der Waals surface area contributed by atoms with E-state index < -0.39 is 15.8 Å². The Kier molecular flexibility index (Phi) is 7.41. The van der Waals surface area contributed by atoms with Gasteiger partial charge in [-0.15, -0.1) is 0 Å². The molecule has 0 unspecified atom stereocenters. The van der Waals surface area contributed by atoms with Gasteiger partial charge < -0.3 is 4.90 Å². The van der Waals surface area contributed by atoms with Crippen LogP contribution in [0.25, 0.3) is 0 Å². The van der Waals surface area contributed by atoms with E-state index in [9.17, 15) is 17.6 Å². The third kappa shape index (κ3) is 5.35. The number of amides is 1. The van der Waals surface area contributed by atoms with Gasteiger partial charge >= 0.3 is 0 Å². The van der Waals surface area contributed by atoms with Gasteiger partial charge in [-0.05, 0) is 36.4 Å². The van der Waals surface area contributed by atoms with Gasteiger partial charge in [0.05, 0.1) is 17.5 Å². The number of likely N-dealkylation sites (N-methyl/N-ethyl adjacent to an activating group) is 1. The summed E-state index contributed by atoms with van der Waals surface area (Å²) in [5.74, 6) is -0.647. The molecule has 0 bridgehead atoms. The van der Waals surface area contributed by atoms with Crippen LogP contribution in [0.2, 0.25) is 0 Å². The topological polar surface area (TPSA) is 60.9 Å². The molecule has 6 nitrogen and oxygen atoms in total. The molecule has 0 spiro atoms. The van der Waals surface area contributed by atoms with E-state index in [0.29, 0.717) is 13.1 Å². The highest BCUT2D eigenvalue weighted by atomic mass is 32.2. The van der Waals surface area contributed by atoms with Gasteiger partial charge in [0.2, 0.25) is 15.9 Å². The molecular weight excluding hydrogens is 453 g/mol. The van der Waals surface area contributed by atoms with Crippen LogP contribution in [0.1, 0.15) is 17.2 Å². The number of carbonyl (C=O) groups is 1. The number of halogens is 1. The van der Waals surface area contributed by atoms with Crippen LogP contribution in [0.4, 0.5) is 4.39 Å². The van der Waals surface area contributed by atoms with Gasteiger partial charge in [-0.2, -0.15) is 4.31 Å². The van der Waals surface area contributed by atoms with E-state index >= 15 is 0 Å². The monoisotopic (exact) mass is 481 g/mol. The first-order valence-electron chi connectivity index (χ1n) is 11.2. The minimum absolute atomic E-state index is 0.0536. The molecule has 1 heterocycles. The predicted octanol–water partition coefficient (Wildman–Crippen LogP) is 3.38. The Morgan fingerprint density at radius 1 is 0.882 bits per heavy atom. The van der Waals surface area contributed by atoms with Gasteiger partial charge in [-0.3, -0.25) is 9.69 Å². The third-order valence-corrected chi connectivity index (χ3v) is 7.98. The maximum Gasteiger partial charge on any atom is 0.243 e. The number of benzene rings is 3. The van der Waals surface area contributed by atoms with Crippen molar-refractivity contribution in [2.75, 3.05) is 39.8 Å². The van der Waals surface area contributed by atoms with Crippen LogP contribution in [0, 0.1) is 5.82 Å². The number of sulfonamides is 1. The molecule has 178 valence electrons. The summed E-state index contributed by atoms with van der Waals surface area (Å²) in [6.07, 6.45) is 0. The Labute approximate surface area is 200 Å². The predicted molar refractivity (Wildman–Crippen MR) is 129 cm³/mol. The minimum Gasteiger partial charge on any atom is -0.339 e. The smallest absolute Gasteiger partial charge is 0.243 e. The number of nitrogens with zero attached hydrogens (tertiary/aromatic N) is 3. The van der Waals surface area contributed by atoms with Crippen molar-refractivity contribution in [3.63, 3.8) is 0 Å². The average molecular weight is 482 g/mol. The van der Waals surface area contributed by atoms with Crippen molar-refractivity contribution in [1.29, 1.82) is 0 Å². The maximum absolute atomic E-state index is 13.5. The summed E-state index contributed by atoms with van der Waals surface area (Å²) >= 11 is 0. The van der Waals surface area contributed by atoms with Crippen molar-refractivity contribution in [1.82, 2.24) is 14.1 Å². The number of hydrogen-bond acceptors (Lipinski definition) is 4. The molecule has 1 aliphatic heterocycles. The zero-order chi connectivity index (χ0) is 24.1. The zero-order valence-electron chi connectivity index (χ0n) is 19.0. The minimum atomic E-state index is -3.80. The van der Waals surface area contributed by atoms with Gasteiger partial charge in [0.25, 0.3) is 0 Å². The highest BCUT2D eigenvalue weighted by Gasteiger charge is 2.31. The highest BCUT2D eigenvalue weighted by Crippen LogP contribution is 2.27. The molecule has 4 rings (SSSR count). The van der Waals surface area contributed by atoms with Crippen molar-refractivity contribution in [3.8, 4) is 0 Å². The van der Waals surface area contributed by atoms with Crippen LogP contribution < -0.4 is 0 Å². The van der Waals surface area contributed by atoms with Gasteiger partial charge in [0, 0.05) is 26.2 Å². The third-order valence-electron chi connectivity index (χ3n) is 6.08. The highest BCUT2D eigenvalue weighted by molar-refractivity contribution is 7.89. The second-order valence-corrected chi connectivity index (χ2v) is 10.3. The second kappa shape index (κ2) is 10.5. The maximum atomic E-state index is 13.5. The van der Waals surface area contributed by atoms with Crippen LogP contribution in [0.5, 0.6) is 0 Å². The molecule has 0 aromatic heterocycles. The van der Waals surface area contributed by atoms with Gasteiger partial charge in [0.1, 0.15) is 5.82 Å². The SMILES string of the molecule is CN(CC(=O)N1CCN(S(=O)(=O)c2cccc(F)c2)CC1)C(c1ccccc1)c1ccccc1. The van der Waals surface area contributed by atoms with Crippen LogP contribution >= 0.6 is 0 Å². The van der Waals surface area contributed by atoms with Crippen LogP contribution in [-0.2, 0) is 14.8 Å². The lowest BCUT2D eigenvalue weighted by molar-refractivity contribution is -0.133. The van der Waals surface area contributed by atoms with Gasteiger partial charge in [-0.25, -0.2) is 12.8 Å². The lowest BCUT2D eigenvalue weighted by Gasteiger charge is -2.36. The quantitative estimate of drug-likeness (QED) is 0.519. The molecule has 3 aromatic rings. The fourth-order valence-electron chi connectivity index (χ4n) is 4.33. The van der Waals surface area contributed by atoms with Crippen LogP contribution in [-0.4, -0.2) is 68.2 Å². The fourth-order valence-corrected chi connectivity index (χ4v) is 5.79. The molecule has 0 radical (unpaired) electrons. The summed E-state index contributed by atoms with van der Waals surface area (Å²) in [6.45, 7) is 1.14. The Morgan fingerprint density at radius 2 is 1.44 bits per heavy atom. The molecular formula is C26H28FN3O3S. The van der Waals surface area contributed by atoms with Crippen molar-refractivity contribution in [3.05, 3.63) is 102 Å². The first kappa shape index (κ1) is 24.1. The summed E-state index contributed by atoms with van der Waals surface area (Å²) in [4.78, 5) is 16.8. The van der Waals surface area contributed by atoms with E-state index in [1.807, 2.05) is 48.3 Å². The van der Waals surface area contributed by atoms with E-state index in [2.05, 4.69) is 24.3 Å². The Balaban J connectivity index is 1.42. The molecule has 3 aromatic carbocycles. The van der Waals surface area contributed by atoms with E-state index in [0.717, 1.165) is 17.2 Å². The number of rotatable bonds is 7. The summed E-state index contributed by atoms with van der Waals surface area (Å²) in [6, 6.07) is 25.0. The average Bonchev–Trinajstić information content (AvgIpc) is 2.85. The van der Waals surface area contributed by atoms with Crippen molar-refractivity contribution in [2.24, 2.45) is 0 Å². The molecule has 34 heavy (non-hydrogen) atoms. The Hall–Kier alpha value is -3.07. The first-order valence-corrected chi connectivity index (χ1v) is 12.6. The lowest BCUT2D eigenvalue weighted by Crippen LogP contribution is -2.52. The Bertz CT molecular complexity index is 1170. The molecule has 1 aliphatic rings. The van der Waals surface area contributed by atoms with Crippen LogP contribution in [0.3, 0.4) is 0 Å². The van der Waals surface area contributed by atoms with Gasteiger partial charge in [-0.1, -0.05) is 66.7 Å². The fraction of sp³-hybridized carbons (Fsp3) is 0.269. The van der Waals surface area contributed by atoms with E-state index in [1.54, 1.807) is 4.90 Å². The normalized spacial score (nSPS) is 15.1. The molecule has 1 fully saturated rings. The lowest BCUT2D eigenvalue weighted by atomic mass is 9.97. The first-order chi connectivity index (χ1) is 16.4. The number of hydrogen-bond donors (Lipinski definition) is 0. The largest absolute Gasteiger partial charge is 0.339 e. The van der Waals surface area contributed by atoms with Crippen LogP contribution in [0.15, 0.2) is 89.8 Å². The molecule has 1 amide bonds. The molecule has 0 saturated carbocycles. The summed E-state index contributed by atoms with van der Waals surface area (Å²) < 4.78 is 40.5. The van der Waals surface area contributed by atoms with Gasteiger partial charge in [0.15, 0.2) is 0 Å². The zero-order valence-corrected chi connectivity index (χ0v) is 19.9. The molecule has 0 N–H and O–H groups in total. The molecule has 0 atom stereocenters. The van der Waals surface area contributed by atoms with Crippen molar-refractivity contribution in [2.45, 2.75) is 10.9 Å². The molecule has 0 aliphatic carbocycles. The van der Waals surface area contributed by atoms with E-state index in [4.69, 9.17) is 0 Å². The number of piperazine rings is 1. The summed E-state index contributed by atoms with van der Waals surface area (Å²) in [5, 5.41) is 0. The molecule has 1 saturated heterocycles. The van der Waals surface area contributed by atoms with Crippen molar-refractivity contribution < 1.29 is 17.6 Å². The molecule has 8 heteroatoms. The number of carbonyl (C=O) groups excluding carboxylic acids is 1. The van der Waals surface area contributed by atoms with E-state index in [-0.39, 0.29) is 36.5 Å². The second-order valence-electron chi connectivity index (χ2n) is 8.38. The van der Waals surface area contributed by atoms with Crippen molar-refractivity contribution >= 4 is 15.9 Å². The Morgan fingerprint density at radius 3 is 1.97 bits per heavy atom. The van der Waals surface area contributed by atoms with E-state index in [1.165, 1.54) is 22.5 Å².